The molecule has 9 heavy (non-hydrogen) atoms. The quantitative estimate of drug-likeness (QED) is 0.566. The Hall–Kier alpha value is -0.330. The van der Waals surface area contributed by atoms with Crippen molar-refractivity contribution in [1.29, 1.82) is 0 Å². The lowest BCUT2D eigenvalue weighted by Gasteiger charge is -1.81. The number of rotatable bonds is 2. The molecule has 0 aromatic rings. The Balaban J connectivity index is -0.0000000417. The fraction of sp³-hybridized carbons (Fsp3) is 0.875. The van der Waals surface area contributed by atoms with E-state index in [4.69, 9.17) is 0 Å². The predicted molar refractivity (Wildman–Crippen MR) is 45.8 cm³/mol. The zero-order valence-corrected chi connectivity index (χ0v) is 4.32. The van der Waals surface area contributed by atoms with E-state index >= 15 is 0 Å². The summed E-state index contributed by atoms with van der Waals surface area (Å²) in [6, 6.07) is 0. The lowest BCUT2D eigenvalue weighted by molar-refractivity contribution is -0.118. The Morgan fingerprint density at radius 1 is 1.00 bits per heavy atom. The van der Waals surface area contributed by atoms with E-state index in [0.717, 1.165) is 0 Å². The molecular weight excluding hydrogens is 112 g/mol. The van der Waals surface area contributed by atoms with E-state index in [2.05, 4.69) is 0 Å². The minimum absolute atomic E-state index is 0. The number of carbonyl (C=O) groups excluding carboxylic acids is 1. The normalized spacial score (nSPS) is 5.56. The van der Waals surface area contributed by atoms with Gasteiger partial charge in [0.2, 0.25) is 0 Å². The minimum Gasteiger partial charge on any atom is -0.300 e. The zero-order chi connectivity index (χ0) is 4.99. The lowest BCUT2D eigenvalue weighted by Crippen LogP contribution is -1.88. The van der Waals surface area contributed by atoms with E-state index < -0.39 is 0 Å². The van der Waals surface area contributed by atoms with Gasteiger partial charge in [-0.15, -0.1) is 0 Å². The number of hydrogen-bond acceptors (Lipinski definition) is 1. The van der Waals surface area contributed by atoms with E-state index in [0.29, 0.717) is 18.6 Å². The molecule has 0 rings (SSSR count). The van der Waals surface area contributed by atoms with Crippen LogP contribution in [0.25, 0.3) is 0 Å². The van der Waals surface area contributed by atoms with Crippen LogP contribution in [0, 0.1) is 0 Å². The van der Waals surface area contributed by atoms with Crippen LogP contribution < -0.4 is 0 Å². The van der Waals surface area contributed by atoms with Gasteiger partial charge in [-0.25, -0.2) is 0 Å². The first-order chi connectivity index (χ1) is 2.81. The monoisotopic (exact) mass is 134 g/mol. The van der Waals surface area contributed by atoms with Crippen LogP contribution in [0.5, 0.6) is 0 Å². The second-order valence-electron chi connectivity index (χ2n) is 1.25. The zero-order valence-electron chi connectivity index (χ0n) is 4.32. The maximum atomic E-state index is 10.2. The van der Waals surface area contributed by atoms with Crippen LogP contribution in [0.4, 0.5) is 0 Å². The molecule has 0 fully saturated rings. The highest BCUT2D eigenvalue weighted by Gasteiger charge is 1.86. The molecule has 0 bridgehead atoms. The first-order valence-corrected chi connectivity index (χ1v) is 2.33. The number of carbonyl (C=O) groups is 1. The van der Waals surface area contributed by atoms with Gasteiger partial charge in [-0.05, 0) is 0 Å². The Kier molecular flexibility index (Phi) is 40.7. The average Bonchev–Trinajstić information content (AvgIpc) is 1.65. The molecule has 0 aromatic heterocycles. The maximum Gasteiger partial charge on any atom is 0.132 e. The molecule has 0 aliphatic carbocycles. The van der Waals surface area contributed by atoms with Crippen LogP contribution in [0.2, 0.25) is 0 Å². The molecule has 0 unspecified atom stereocenters. The molecule has 0 aliphatic rings. The summed E-state index contributed by atoms with van der Waals surface area (Å²) in [5, 5.41) is 0. The van der Waals surface area contributed by atoms with Crippen molar-refractivity contribution in [2.45, 2.75) is 49.0 Å². The first kappa shape index (κ1) is 23.4. The van der Waals surface area contributed by atoms with Crippen molar-refractivity contribution in [1.82, 2.24) is 0 Å². The van der Waals surface area contributed by atoms with Gasteiger partial charge in [0.05, 0.1) is 0 Å². The smallest absolute Gasteiger partial charge is 0.132 e. The number of Topliss-reactive ketones (excluding diaryl/α,β-unsaturated/α-hetero) is 1. The third-order valence-corrected chi connectivity index (χ3v) is 0.789. The van der Waals surface area contributed by atoms with E-state index in [9.17, 15) is 4.79 Å². The predicted octanol–water partition coefficient (Wildman–Crippen LogP) is 3.28. The van der Waals surface area contributed by atoms with Crippen molar-refractivity contribution in [3.8, 4) is 0 Å². The van der Waals surface area contributed by atoms with Crippen molar-refractivity contribution in [3.63, 3.8) is 0 Å². The van der Waals surface area contributed by atoms with Crippen molar-refractivity contribution in [2.24, 2.45) is 0 Å². The van der Waals surface area contributed by atoms with Gasteiger partial charge in [0.15, 0.2) is 0 Å². The van der Waals surface area contributed by atoms with Crippen LogP contribution in [0.1, 0.15) is 49.0 Å². The van der Waals surface area contributed by atoms with E-state index in [-0.39, 0.29) is 22.3 Å². The molecule has 0 radical (unpaired) electrons. The molecule has 1 heteroatoms. The second kappa shape index (κ2) is 15.6. The van der Waals surface area contributed by atoms with Crippen LogP contribution in [0.15, 0.2) is 0 Å². The van der Waals surface area contributed by atoms with Crippen LogP contribution in [0.3, 0.4) is 0 Å². The summed E-state index contributed by atoms with van der Waals surface area (Å²) in [6.07, 6.45) is 1.38. The third kappa shape index (κ3) is 18.3. The molecular formula is C8H22O. The van der Waals surface area contributed by atoms with E-state index in [1.54, 1.807) is 0 Å². The molecule has 0 N–H and O–H groups in total. The molecule has 1 nitrogen and oxygen atoms in total. The summed E-state index contributed by atoms with van der Waals surface area (Å²) in [5.41, 5.74) is 0. The van der Waals surface area contributed by atoms with Crippen molar-refractivity contribution in [2.75, 3.05) is 0 Å². The van der Waals surface area contributed by atoms with Gasteiger partial charge >= 0.3 is 0 Å². The summed E-state index contributed by atoms with van der Waals surface area (Å²) in [5.74, 6) is 0.343. The highest BCUT2D eigenvalue weighted by atomic mass is 16.1. The fourth-order valence-electron chi connectivity index (χ4n) is 0.250. The molecule has 0 amide bonds. The molecule has 60 valence electrons. The van der Waals surface area contributed by atoms with Gasteiger partial charge in [0.1, 0.15) is 5.78 Å². The number of ketones is 1. The summed E-state index contributed by atoms with van der Waals surface area (Å²) in [6.45, 7) is 3.76. The van der Waals surface area contributed by atoms with Crippen LogP contribution in [-0.4, -0.2) is 5.78 Å². The standard InChI is InChI=1S/C5H10O.3CH4/c1-3-5(6)4-2;;;/h3-4H2,1-2H3;3*1H4. The molecule has 0 spiro atoms. The fourth-order valence-corrected chi connectivity index (χ4v) is 0.250. The van der Waals surface area contributed by atoms with E-state index in [1.807, 2.05) is 13.8 Å². The SMILES string of the molecule is C.C.C.CCC(=O)CC. The molecule has 0 heterocycles. The number of hydrogen-bond donors (Lipinski definition) is 0. The highest BCUT2D eigenvalue weighted by Crippen LogP contribution is 1.82. The molecule has 0 aromatic carbocycles. The van der Waals surface area contributed by atoms with Gasteiger partial charge in [-0.1, -0.05) is 36.1 Å². The molecule has 0 saturated carbocycles. The maximum absolute atomic E-state index is 10.2. The van der Waals surface area contributed by atoms with Gasteiger partial charge < -0.3 is 0 Å². The van der Waals surface area contributed by atoms with Crippen LogP contribution in [-0.2, 0) is 4.79 Å². The van der Waals surface area contributed by atoms with E-state index in [1.165, 1.54) is 0 Å². The van der Waals surface area contributed by atoms with Gasteiger partial charge in [-0.2, -0.15) is 0 Å². The second-order valence-corrected chi connectivity index (χ2v) is 1.25. The summed E-state index contributed by atoms with van der Waals surface area (Å²) >= 11 is 0. The first-order valence-electron chi connectivity index (χ1n) is 2.33. The molecule has 0 aliphatic heterocycles. The van der Waals surface area contributed by atoms with Crippen molar-refractivity contribution in [3.05, 3.63) is 0 Å². The topological polar surface area (TPSA) is 17.1 Å². The van der Waals surface area contributed by atoms with Crippen molar-refractivity contribution < 1.29 is 4.79 Å². The van der Waals surface area contributed by atoms with Gasteiger partial charge in [0.25, 0.3) is 0 Å². The minimum atomic E-state index is 0. The Morgan fingerprint density at radius 3 is 1.22 bits per heavy atom. The lowest BCUT2D eigenvalue weighted by atomic mass is 10.3. The average molecular weight is 134 g/mol. The van der Waals surface area contributed by atoms with Gasteiger partial charge in [-0.3, -0.25) is 4.79 Å². The summed E-state index contributed by atoms with van der Waals surface area (Å²) in [4.78, 5) is 10.2. The van der Waals surface area contributed by atoms with Crippen molar-refractivity contribution >= 4 is 5.78 Å². The van der Waals surface area contributed by atoms with Gasteiger partial charge in [0, 0.05) is 12.8 Å². The molecule has 0 saturated heterocycles. The Labute approximate surface area is 60.5 Å². The Bertz CT molecular complexity index is 42.5. The summed E-state index contributed by atoms with van der Waals surface area (Å²) < 4.78 is 0. The summed E-state index contributed by atoms with van der Waals surface area (Å²) in [7, 11) is 0. The third-order valence-electron chi connectivity index (χ3n) is 0.789. The largest absolute Gasteiger partial charge is 0.300 e. The molecule has 0 atom stereocenters. The van der Waals surface area contributed by atoms with Crippen LogP contribution >= 0.6 is 0 Å². The Morgan fingerprint density at radius 2 is 1.22 bits per heavy atom. The highest BCUT2D eigenvalue weighted by molar-refractivity contribution is 5.77.